The number of nitrogens with one attached hydrogen (secondary N) is 1. The molecule has 0 atom stereocenters. The van der Waals surface area contributed by atoms with E-state index in [0.717, 1.165) is 17.1 Å². The van der Waals surface area contributed by atoms with Crippen molar-refractivity contribution < 1.29 is 0 Å². The van der Waals surface area contributed by atoms with Crippen LogP contribution in [0.4, 0.5) is 0 Å². The standard InChI is InChI=1S/C8H11N5/c1-13-5-6(3-11-13)8-10-4-7(2-9)12-8/h3-5H,2,9H2,1H3,(H,10,12). The van der Waals surface area contributed by atoms with E-state index in [-0.39, 0.29) is 0 Å². The maximum Gasteiger partial charge on any atom is 0.140 e. The molecule has 2 aromatic heterocycles. The highest BCUT2D eigenvalue weighted by Crippen LogP contribution is 2.13. The van der Waals surface area contributed by atoms with Gasteiger partial charge in [-0.1, -0.05) is 0 Å². The minimum Gasteiger partial charge on any atom is -0.341 e. The Bertz CT molecular complexity index is 400. The fourth-order valence-corrected chi connectivity index (χ4v) is 1.15. The van der Waals surface area contributed by atoms with Crippen molar-refractivity contribution in [1.29, 1.82) is 0 Å². The van der Waals surface area contributed by atoms with Gasteiger partial charge in [-0.05, 0) is 0 Å². The molecule has 2 aromatic rings. The van der Waals surface area contributed by atoms with Gasteiger partial charge in [-0.25, -0.2) is 4.98 Å². The van der Waals surface area contributed by atoms with Crippen molar-refractivity contribution in [2.75, 3.05) is 0 Å². The van der Waals surface area contributed by atoms with Crippen LogP contribution in [0.15, 0.2) is 18.6 Å². The number of imidazole rings is 1. The van der Waals surface area contributed by atoms with Crippen molar-refractivity contribution in [3.63, 3.8) is 0 Å². The molecular formula is C8H11N5. The lowest BCUT2D eigenvalue weighted by molar-refractivity contribution is 0.768. The Morgan fingerprint density at radius 2 is 2.38 bits per heavy atom. The molecule has 0 saturated carbocycles. The Labute approximate surface area is 75.6 Å². The first-order valence-electron chi connectivity index (χ1n) is 4.02. The zero-order valence-electron chi connectivity index (χ0n) is 7.36. The highest BCUT2D eigenvalue weighted by atomic mass is 15.2. The highest BCUT2D eigenvalue weighted by molar-refractivity contribution is 5.52. The normalized spacial score (nSPS) is 10.6. The Kier molecular flexibility index (Phi) is 1.86. The molecule has 2 rings (SSSR count). The second kappa shape index (κ2) is 3.02. The van der Waals surface area contributed by atoms with E-state index in [1.807, 2.05) is 13.2 Å². The molecule has 68 valence electrons. The second-order valence-corrected chi connectivity index (χ2v) is 2.86. The van der Waals surface area contributed by atoms with Crippen molar-refractivity contribution in [2.45, 2.75) is 6.54 Å². The van der Waals surface area contributed by atoms with Crippen molar-refractivity contribution in [3.8, 4) is 11.4 Å². The van der Waals surface area contributed by atoms with E-state index in [2.05, 4.69) is 15.1 Å². The topological polar surface area (TPSA) is 72.5 Å². The molecule has 5 heteroatoms. The molecule has 0 aliphatic heterocycles. The molecule has 0 fully saturated rings. The van der Waals surface area contributed by atoms with Gasteiger partial charge in [0.2, 0.25) is 0 Å². The van der Waals surface area contributed by atoms with Crippen LogP contribution in [0.3, 0.4) is 0 Å². The molecular weight excluding hydrogens is 166 g/mol. The predicted molar refractivity (Wildman–Crippen MR) is 48.7 cm³/mol. The van der Waals surface area contributed by atoms with Gasteiger partial charge >= 0.3 is 0 Å². The predicted octanol–water partition coefficient (Wildman–Crippen LogP) is 0.269. The maximum atomic E-state index is 5.45. The lowest BCUT2D eigenvalue weighted by Crippen LogP contribution is -1.95. The van der Waals surface area contributed by atoms with Crippen LogP contribution in [-0.4, -0.2) is 19.7 Å². The summed E-state index contributed by atoms with van der Waals surface area (Å²) < 4.78 is 1.74. The largest absolute Gasteiger partial charge is 0.341 e. The third-order valence-corrected chi connectivity index (χ3v) is 1.83. The van der Waals surface area contributed by atoms with Crippen LogP contribution in [0.5, 0.6) is 0 Å². The van der Waals surface area contributed by atoms with Gasteiger partial charge in [-0.3, -0.25) is 4.68 Å². The molecule has 0 saturated heterocycles. The van der Waals surface area contributed by atoms with E-state index >= 15 is 0 Å². The Balaban J connectivity index is 2.35. The van der Waals surface area contributed by atoms with Crippen LogP contribution in [-0.2, 0) is 13.6 Å². The summed E-state index contributed by atoms with van der Waals surface area (Å²) in [7, 11) is 1.87. The number of rotatable bonds is 2. The molecule has 2 heterocycles. The molecule has 0 unspecified atom stereocenters. The van der Waals surface area contributed by atoms with Crippen LogP contribution < -0.4 is 5.73 Å². The summed E-state index contributed by atoms with van der Waals surface area (Å²) in [5.41, 5.74) is 7.36. The number of H-pyrrole nitrogens is 1. The summed E-state index contributed by atoms with van der Waals surface area (Å²) in [6.07, 6.45) is 5.40. The third-order valence-electron chi connectivity index (χ3n) is 1.83. The van der Waals surface area contributed by atoms with Gasteiger partial charge in [0.1, 0.15) is 5.82 Å². The zero-order valence-corrected chi connectivity index (χ0v) is 7.36. The van der Waals surface area contributed by atoms with Crippen molar-refractivity contribution in [2.24, 2.45) is 12.8 Å². The monoisotopic (exact) mass is 177 g/mol. The SMILES string of the molecule is Cn1cc(-c2ncc(CN)[nH]2)cn1. The number of aromatic amines is 1. The smallest absolute Gasteiger partial charge is 0.140 e. The number of hydrogen-bond acceptors (Lipinski definition) is 3. The van der Waals surface area contributed by atoms with Gasteiger partial charge in [0.25, 0.3) is 0 Å². The molecule has 5 nitrogen and oxygen atoms in total. The molecule has 0 spiro atoms. The summed E-state index contributed by atoms with van der Waals surface area (Å²) in [5, 5.41) is 4.05. The Morgan fingerprint density at radius 1 is 1.54 bits per heavy atom. The van der Waals surface area contributed by atoms with Crippen LogP contribution in [0, 0.1) is 0 Å². The molecule has 0 aromatic carbocycles. The van der Waals surface area contributed by atoms with Gasteiger partial charge in [-0.15, -0.1) is 0 Å². The quantitative estimate of drug-likeness (QED) is 0.691. The van der Waals surface area contributed by atoms with Gasteiger partial charge in [0, 0.05) is 31.7 Å². The van der Waals surface area contributed by atoms with E-state index in [4.69, 9.17) is 5.73 Å². The number of hydrogen-bond donors (Lipinski definition) is 2. The summed E-state index contributed by atoms with van der Waals surface area (Å²) in [6, 6.07) is 0. The maximum absolute atomic E-state index is 5.45. The first-order valence-corrected chi connectivity index (χ1v) is 4.02. The first kappa shape index (κ1) is 8.00. The molecule has 0 amide bonds. The molecule has 0 aliphatic rings. The minimum atomic E-state index is 0.479. The lowest BCUT2D eigenvalue weighted by Gasteiger charge is -1.88. The van der Waals surface area contributed by atoms with E-state index in [0.29, 0.717) is 6.54 Å². The molecule has 0 aliphatic carbocycles. The van der Waals surface area contributed by atoms with Gasteiger partial charge in [0.15, 0.2) is 0 Å². The van der Waals surface area contributed by atoms with Crippen molar-refractivity contribution in [1.82, 2.24) is 19.7 Å². The number of nitrogens with zero attached hydrogens (tertiary/aromatic N) is 3. The fourth-order valence-electron chi connectivity index (χ4n) is 1.15. The number of nitrogens with two attached hydrogens (primary N) is 1. The van der Waals surface area contributed by atoms with Crippen LogP contribution in [0.2, 0.25) is 0 Å². The summed E-state index contributed by atoms with van der Waals surface area (Å²) in [6.45, 7) is 0.479. The first-order chi connectivity index (χ1) is 6.29. The van der Waals surface area contributed by atoms with Crippen LogP contribution in [0.1, 0.15) is 5.69 Å². The van der Waals surface area contributed by atoms with Crippen LogP contribution >= 0.6 is 0 Å². The van der Waals surface area contributed by atoms with Crippen molar-refractivity contribution in [3.05, 3.63) is 24.3 Å². The molecule has 0 radical (unpaired) electrons. The highest BCUT2D eigenvalue weighted by Gasteiger charge is 2.03. The molecule has 3 N–H and O–H groups in total. The van der Waals surface area contributed by atoms with E-state index < -0.39 is 0 Å². The Morgan fingerprint density at radius 3 is 2.92 bits per heavy atom. The minimum absolute atomic E-state index is 0.479. The van der Waals surface area contributed by atoms with Gasteiger partial charge < -0.3 is 10.7 Å². The van der Waals surface area contributed by atoms with E-state index in [9.17, 15) is 0 Å². The van der Waals surface area contributed by atoms with E-state index in [1.165, 1.54) is 0 Å². The summed E-state index contributed by atoms with van der Waals surface area (Å²) in [4.78, 5) is 7.28. The van der Waals surface area contributed by atoms with Crippen molar-refractivity contribution >= 4 is 0 Å². The Hall–Kier alpha value is -1.62. The summed E-state index contributed by atoms with van der Waals surface area (Å²) >= 11 is 0. The fraction of sp³-hybridized carbons (Fsp3) is 0.250. The number of aromatic nitrogens is 4. The van der Waals surface area contributed by atoms with Crippen LogP contribution in [0.25, 0.3) is 11.4 Å². The second-order valence-electron chi connectivity index (χ2n) is 2.86. The lowest BCUT2D eigenvalue weighted by atomic mass is 10.3. The average Bonchev–Trinajstić information content (AvgIpc) is 2.71. The molecule has 0 bridgehead atoms. The third kappa shape index (κ3) is 1.46. The summed E-state index contributed by atoms with van der Waals surface area (Å²) in [5.74, 6) is 0.813. The van der Waals surface area contributed by atoms with E-state index in [1.54, 1.807) is 17.1 Å². The molecule has 13 heavy (non-hydrogen) atoms. The number of aryl methyl sites for hydroxylation is 1. The van der Waals surface area contributed by atoms with Gasteiger partial charge in [0.05, 0.1) is 11.8 Å². The average molecular weight is 177 g/mol. The van der Waals surface area contributed by atoms with Gasteiger partial charge in [-0.2, -0.15) is 5.10 Å². The zero-order chi connectivity index (χ0) is 9.26.